The molecule has 0 radical (unpaired) electrons. The second-order valence-electron chi connectivity index (χ2n) is 4.32. The third kappa shape index (κ3) is 3.46. The molecule has 1 aliphatic heterocycles. The van der Waals surface area contributed by atoms with Crippen LogP contribution in [0.15, 0.2) is 28.7 Å². The van der Waals surface area contributed by atoms with E-state index in [-0.39, 0.29) is 12.5 Å². The van der Waals surface area contributed by atoms with Crippen molar-refractivity contribution in [3.05, 3.63) is 28.7 Å². The van der Waals surface area contributed by atoms with Crippen molar-refractivity contribution >= 4 is 27.6 Å². The van der Waals surface area contributed by atoms with E-state index in [0.29, 0.717) is 13.0 Å². The molecule has 1 aromatic rings. The predicted octanol–water partition coefficient (Wildman–Crippen LogP) is 2.52. The Morgan fingerprint density at radius 2 is 2.28 bits per heavy atom. The first-order valence-corrected chi connectivity index (χ1v) is 6.79. The van der Waals surface area contributed by atoms with E-state index in [0.717, 1.165) is 23.2 Å². The largest absolute Gasteiger partial charge is 0.481 e. The van der Waals surface area contributed by atoms with Gasteiger partial charge < -0.3 is 14.7 Å². The van der Waals surface area contributed by atoms with Gasteiger partial charge >= 0.3 is 5.97 Å². The summed E-state index contributed by atoms with van der Waals surface area (Å²) in [5.74, 6) is -0.767. The van der Waals surface area contributed by atoms with Crippen LogP contribution in [0.25, 0.3) is 0 Å². The van der Waals surface area contributed by atoms with Crippen LogP contribution in [0.4, 0.5) is 5.69 Å². The number of halogens is 1. The highest BCUT2D eigenvalue weighted by Gasteiger charge is 2.22. The summed E-state index contributed by atoms with van der Waals surface area (Å²) >= 11 is 3.54. The Balaban J connectivity index is 1.98. The second kappa shape index (κ2) is 6.20. The van der Waals surface area contributed by atoms with Crippen molar-refractivity contribution in [1.82, 2.24) is 0 Å². The number of aliphatic carboxylic acids is 1. The number of morpholine rings is 1. The van der Waals surface area contributed by atoms with Crippen molar-refractivity contribution in [1.29, 1.82) is 0 Å². The average Bonchev–Trinajstić information content (AvgIpc) is 2.37. The van der Waals surface area contributed by atoms with Gasteiger partial charge in [0, 0.05) is 24.0 Å². The number of rotatable bonds is 4. The van der Waals surface area contributed by atoms with Crippen LogP contribution in [-0.2, 0) is 9.53 Å². The molecule has 0 saturated carbocycles. The summed E-state index contributed by atoms with van der Waals surface area (Å²) in [6.07, 6.45) is 0.729. The van der Waals surface area contributed by atoms with Gasteiger partial charge in [-0.15, -0.1) is 0 Å². The van der Waals surface area contributed by atoms with Gasteiger partial charge in [-0.25, -0.2) is 0 Å². The van der Waals surface area contributed by atoms with Crippen LogP contribution < -0.4 is 4.90 Å². The molecule has 1 fully saturated rings. The fourth-order valence-corrected chi connectivity index (χ4v) is 2.64. The molecule has 4 nitrogen and oxygen atoms in total. The van der Waals surface area contributed by atoms with Crippen molar-refractivity contribution < 1.29 is 14.6 Å². The maximum atomic E-state index is 10.6. The normalized spacial score (nSPS) is 19.8. The molecule has 0 aromatic heterocycles. The van der Waals surface area contributed by atoms with E-state index < -0.39 is 5.97 Å². The number of benzene rings is 1. The molecule has 1 atom stereocenters. The van der Waals surface area contributed by atoms with E-state index in [1.807, 2.05) is 18.2 Å². The van der Waals surface area contributed by atoms with Crippen LogP contribution in [-0.4, -0.2) is 36.9 Å². The van der Waals surface area contributed by atoms with Crippen LogP contribution in [0.1, 0.15) is 12.8 Å². The van der Waals surface area contributed by atoms with E-state index in [1.165, 1.54) is 0 Å². The predicted molar refractivity (Wildman–Crippen MR) is 73.0 cm³/mol. The van der Waals surface area contributed by atoms with E-state index >= 15 is 0 Å². The highest BCUT2D eigenvalue weighted by Crippen LogP contribution is 2.27. The summed E-state index contributed by atoms with van der Waals surface area (Å²) in [7, 11) is 0. The van der Waals surface area contributed by atoms with Crippen molar-refractivity contribution in [3.8, 4) is 0 Å². The van der Waals surface area contributed by atoms with Crippen LogP contribution in [0.5, 0.6) is 0 Å². The highest BCUT2D eigenvalue weighted by molar-refractivity contribution is 9.10. The molecule has 98 valence electrons. The topological polar surface area (TPSA) is 49.8 Å². The molecule has 0 amide bonds. The van der Waals surface area contributed by atoms with Gasteiger partial charge in [0.25, 0.3) is 0 Å². The van der Waals surface area contributed by atoms with Crippen LogP contribution in [0.3, 0.4) is 0 Å². The fraction of sp³-hybridized carbons (Fsp3) is 0.462. The molecule has 0 bridgehead atoms. The zero-order valence-corrected chi connectivity index (χ0v) is 11.6. The molecule has 1 heterocycles. The van der Waals surface area contributed by atoms with Crippen molar-refractivity contribution in [2.24, 2.45) is 0 Å². The minimum atomic E-state index is -0.767. The lowest BCUT2D eigenvalue weighted by molar-refractivity contribution is -0.137. The molecule has 2 rings (SSSR count). The summed E-state index contributed by atoms with van der Waals surface area (Å²) in [6.45, 7) is 2.23. The summed E-state index contributed by atoms with van der Waals surface area (Å²) in [4.78, 5) is 12.8. The van der Waals surface area contributed by atoms with E-state index in [9.17, 15) is 4.79 Å². The summed E-state index contributed by atoms with van der Waals surface area (Å²) in [6, 6.07) is 8.05. The molecule has 1 unspecified atom stereocenters. The second-order valence-corrected chi connectivity index (χ2v) is 5.18. The van der Waals surface area contributed by atoms with Gasteiger partial charge in [-0.3, -0.25) is 4.79 Å². The maximum absolute atomic E-state index is 10.6. The van der Waals surface area contributed by atoms with Crippen LogP contribution >= 0.6 is 15.9 Å². The number of nitrogens with zero attached hydrogens (tertiary/aromatic N) is 1. The zero-order valence-electron chi connectivity index (χ0n) is 10.0. The number of carboxylic acid groups (broad SMARTS) is 1. The summed E-state index contributed by atoms with van der Waals surface area (Å²) in [5.41, 5.74) is 1.14. The molecular formula is C13H16BrNO3. The number of ether oxygens (including phenoxy) is 1. The molecule has 0 aliphatic carbocycles. The number of hydrogen-bond donors (Lipinski definition) is 1. The smallest absolute Gasteiger partial charge is 0.303 e. The van der Waals surface area contributed by atoms with Gasteiger partial charge in [0.15, 0.2) is 0 Å². The molecule has 18 heavy (non-hydrogen) atoms. The third-order valence-corrected chi connectivity index (χ3v) is 3.68. The molecule has 0 spiro atoms. The van der Waals surface area contributed by atoms with Gasteiger partial charge in [-0.05, 0) is 34.5 Å². The molecule has 1 saturated heterocycles. The van der Waals surface area contributed by atoms with Crippen molar-refractivity contribution in [2.75, 3.05) is 24.6 Å². The quantitative estimate of drug-likeness (QED) is 0.928. The van der Waals surface area contributed by atoms with Crippen molar-refractivity contribution in [2.45, 2.75) is 18.9 Å². The van der Waals surface area contributed by atoms with E-state index in [2.05, 4.69) is 26.9 Å². The van der Waals surface area contributed by atoms with Crippen LogP contribution in [0, 0.1) is 0 Å². The molecular weight excluding hydrogens is 298 g/mol. The summed E-state index contributed by atoms with van der Waals surface area (Å²) < 4.78 is 6.66. The van der Waals surface area contributed by atoms with Gasteiger partial charge in [-0.1, -0.05) is 12.1 Å². The van der Waals surface area contributed by atoms with Gasteiger partial charge in [0.1, 0.15) is 0 Å². The Hall–Kier alpha value is -1.07. The lowest BCUT2D eigenvalue weighted by Crippen LogP contribution is -2.42. The third-order valence-electron chi connectivity index (χ3n) is 3.01. The minimum Gasteiger partial charge on any atom is -0.481 e. The molecule has 1 aliphatic rings. The summed E-state index contributed by atoms with van der Waals surface area (Å²) in [5, 5.41) is 8.69. The van der Waals surface area contributed by atoms with E-state index in [1.54, 1.807) is 0 Å². The first kappa shape index (κ1) is 13.4. The van der Waals surface area contributed by atoms with Gasteiger partial charge in [0.2, 0.25) is 0 Å². The van der Waals surface area contributed by atoms with Crippen molar-refractivity contribution in [3.63, 3.8) is 0 Å². The Labute approximate surface area is 115 Å². The number of para-hydroxylation sites is 1. The first-order chi connectivity index (χ1) is 8.66. The standard InChI is InChI=1S/C13H16BrNO3/c14-11-3-1-2-4-12(11)15-7-8-18-10(9-15)5-6-13(16)17/h1-4,10H,5-9H2,(H,16,17). The van der Waals surface area contributed by atoms with Gasteiger partial charge in [-0.2, -0.15) is 0 Å². The monoisotopic (exact) mass is 313 g/mol. The number of carboxylic acids is 1. The molecule has 1 N–H and O–H groups in total. The number of carbonyl (C=O) groups is 1. The average molecular weight is 314 g/mol. The van der Waals surface area contributed by atoms with E-state index in [4.69, 9.17) is 9.84 Å². The van der Waals surface area contributed by atoms with Crippen LogP contribution in [0.2, 0.25) is 0 Å². The zero-order chi connectivity index (χ0) is 13.0. The lowest BCUT2D eigenvalue weighted by atomic mass is 10.1. The lowest BCUT2D eigenvalue weighted by Gasteiger charge is -2.35. The SMILES string of the molecule is O=C(O)CCC1CN(c2ccccc2Br)CCO1. The Morgan fingerprint density at radius 3 is 3.00 bits per heavy atom. The highest BCUT2D eigenvalue weighted by atomic mass is 79.9. The molecule has 5 heteroatoms. The minimum absolute atomic E-state index is 0.00181. The Morgan fingerprint density at radius 1 is 1.50 bits per heavy atom. The van der Waals surface area contributed by atoms with Gasteiger partial charge in [0.05, 0.1) is 18.4 Å². The molecule has 1 aromatic carbocycles. The Kier molecular flexibility index (Phi) is 4.60. The Bertz CT molecular complexity index is 424. The maximum Gasteiger partial charge on any atom is 0.303 e. The number of hydrogen-bond acceptors (Lipinski definition) is 3. The number of anilines is 1. The fourth-order valence-electron chi connectivity index (χ4n) is 2.11. The first-order valence-electron chi connectivity index (χ1n) is 5.99.